The van der Waals surface area contributed by atoms with E-state index in [-0.39, 0.29) is 6.61 Å². The predicted octanol–water partition coefficient (Wildman–Crippen LogP) is 3.77. The summed E-state index contributed by atoms with van der Waals surface area (Å²) in [5.74, 6) is -0.541. The minimum atomic E-state index is -0.541. The number of amides is 1. The Bertz CT molecular complexity index is 852. The van der Waals surface area contributed by atoms with Crippen molar-refractivity contribution in [2.45, 2.75) is 31.7 Å². The highest BCUT2D eigenvalue weighted by atomic mass is 35.5. The second-order valence-electron chi connectivity index (χ2n) is 7.31. The number of carbonyl (C=O) groups excluding carboxylic acids is 1. The molecule has 0 saturated carbocycles. The van der Waals surface area contributed by atoms with E-state index < -0.39 is 5.91 Å². The molecular weight excluding hydrogens is 388 g/mol. The zero-order chi connectivity index (χ0) is 20.6. The molecule has 1 aliphatic rings. The number of nitrogens with one attached hydrogen (secondary N) is 1. The molecule has 1 amide bonds. The summed E-state index contributed by atoms with van der Waals surface area (Å²) < 4.78 is 0. The van der Waals surface area contributed by atoms with Gasteiger partial charge >= 0.3 is 0 Å². The lowest BCUT2D eigenvalue weighted by molar-refractivity contribution is -0.124. The molecule has 6 heteroatoms. The van der Waals surface area contributed by atoms with Gasteiger partial charge in [-0.3, -0.25) is 14.9 Å². The fourth-order valence-corrected chi connectivity index (χ4v) is 4.05. The van der Waals surface area contributed by atoms with Gasteiger partial charge in [0.15, 0.2) is 0 Å². The third-order valence-electron chi connectivity index (χ3n) is 5.40. The molecule has 0 bridgehead atoms. The molecule has 0 fully saturated rings. The van der Waals surface area contributed by atoms with Gasteiger partial charge in [-0.1, -0.05) is 41.9 Å². The summed E-state index contributed by atoms with van der Waals surface area (Å²) in [4.78, 5) is 13.6. The second kappa shape index (κ2) is 10.6. The van der Waals surface area contributed by atoms with E-state index in [0.717, 1.165) is 49.4 Å². The molecular formula is C23H27ClN2O3. The van der Waals surface area contributed by atoms with Gasteiger partial charge in [0.05, 0.1) is 0 Å². The van der Waals surface area contributed by atoms with Crippen LogP contribution in [0.15, 0.2) is 48.5 Å². The Balaban J connectivity index is 1.72. The van der Waals surface area contributed by atoms with E-state index in [9.17, 15) is 9.90 Å². The molecule has 154 valence electrons. The van der Waals surface area contributed by atoms with Gasteiger partial charge < -0.3 is 5.11 Å². The topological polar surface area (TPSA) is 72.8 Å². The molecule has 0 spiro atoms. The SMILES string of the molecule is O=C(/C=C/c1ccc2c(c1)CCC2N(CCCO)CCc1ccc(Cl)cc1)NO. The summed E-state index contributed by atoms with van der Waals surface area (Å²) >= 11 is 5.99. The number of benzene rings is 2. The Kier molecular flexibility index (Phi) is 7.83. The van der Waals surface area contributed by atoms with Crippen LogP contribution in [0.5, 0.6) is 0 Å². The molecule has 0 radical (unpaired) electrons. The standard InChI is InChI=1S/C23H27ClN2O3/c24-20-7-2-17(3-8-20)12-14-26(13-1-15-27)22-10-6-19-16-18(4-9-21(19)22)5-11-23(28)25-29/h2-5,7-9,11,16,22,27,29H,1,6,10,12-15H2,(H,25,28)/b11-5+. The lowest BCUT2D eigenvalue weighted by atomic mass is 10.0. The number of carbonyl (C=O) groups is 1. The smallest absolute Gasteiger partial charge is 0.267 e. The van der Waals surface area contributed by atoms with E-state index >= 15 is 0 Å². The van der Waals surface area contributed by atoms with Crippen molar-refractivity contribution in [1.29, 1.82) is 0 Å². The van der Waals surface area contributed by atoms with Gasteiger partial charge in [-0.15, -0.1) is 0 Å². The third-order valence-corrected chi connectivity index (χ3v) is 5.65. The van der Waals surface area contributed by atoms with Crippen molar-refractivity contribution in [3.63, 3.8) is 0 Å². The Morgan fingerprint density at radius 1 is 1.21 bits per heavy atom. The van der Waals surface area contributed by atoms with Gasteiger partial charge in [0, 0.05) is 36.8 Å². The number of aliphatic hydroxyl groups is 1. The zero-order valence-corrected chi connectivity index (χ0v) is 17.1. The number of nitrogens with zero attached hydrogens (tertiary/aromatic N) is 1. The number of fused-ring (bicyclic) bond motifs is 1. The van der Waals surface area contributed by atoms with E-state index in [1.54, 1.807) is 11.6 Å². The molecule has 3 rings (SSSR count). The van der Waals surface area contributed by atoms with Gasteiger partial charge in [0.1, 0.15) is 0 Å². The van der Waals surface area contributed by atoms with Crippen molar-refractivity contribution in [3.8, 4) is 0 Å². The third kappa shape index (κ3) is 5.90. The Labute approximate surface area is 176 Å². The van der Waals surface area contributed by atoms with Gasteiger partial charge in [-0.25, -0.2) is 5.48 Å². The van der Waals surface area contributed by atoms with Crippen LogP contribution in [0.4, 0.5) is 0 Å². The monoisotopic (exact) mass is 414 g/mol. The number of hydrogen-bond donors (Lipinski definition) is 3. The van der Waals surface area contributed by atoms with Gasteiger partial charge in [0.2, 0.25) is 0 Å². The molecule has 0 saturated heterocycles. The average molecular weight is 415 g/mol. The maximum absolute atomic E-state index is 11.2. The van der Waals surface area contributed by atoms with Crippen LogP contribution in [0, 0.1) is 0 Å². The van der Waals surface area contributed by atoms with Crippen molar-refractivity contribution in [3.05, 3.63) is 75.8 Å². The van der Waals surface area contributed by atoms with E-state index in [4.69, 9.17) is 16.8 Å². The maximum Gasteiger partial charge on any atom is 0.267 e. The minimum absolute atomic E-state index is 0.188. The van der Waals surface area contributed by atoms with E-state index in [0.29, 0.717) is 6.04 Å². The lowest BCUT2D eigenvalue weighted by Gasteiger charge is -2.29. The first kappa shape index (κ1) is 21.5. The molecule has 0 heterocycles. The molecule has 0 aliphatic heterocycles. The van der Waals surface area contributed by atoms with Crippen molar-refractivity contribution < 1.29 is 15.1 Å². The van der Waals surface area contributed by atoms with Crippen molar-refractivity contribution >= 4 is 23.6 Å². The largest absolute Gasteiger partial charge is 0.396 e. The summed E-state index contributed by atoms with van der Waals surface area (Å²) in [7, 11) is 0. The quantitative estimate of drug-likeness (QED) is 0.332. The highest BCUT2D eigenvalue weighted by Gasteiger charge is 2.27. The Hall–Kier alpha value is -2.18. The molecule has 0 aromatic heterocycles. The average Bonchev–Trinajstić information content (AvgIpc) is 3.16. The summed E-state index contributed by atoms with van der Waals surface area (Å²) in [5, 5.41) is 18.7. The normalized spacial score (nSPS) is 15.8. The van der Waals surface area contributed by atoms with Crippen LogP contribution in [0.2, 0.25) is 5.02 Å². The van der Waals surface area contributed by atoms with Crippen LogP contribution < -0.4 is 5.48 Å². The molecule has 5 nitrogen and oxygen atoms in total. The number of hydroxylamine groups is 1. The van der Waals surface area contributed by atoms with Gasteiger partial charge in [0.25, 0.3) is 5.91 Å². The zero-order valence-electron chi connectivity index (χ0n) is 16.4. The number of hydrogen-bond acceptors (Lipinski definition) is 4. The molecule has 3 N–H and O–H groups in total. The number of rotatable bonds is 9. The van der Waals surface area contributed by atoms with E-state index in [1.165, 1.54) is 22.8 Å². The Morgan fingerprint density at radius 2 is 2.00 bits per heavy atom. The van der Waals surface area contributed by atoms with Crippen molar-refractivity contribution in [2.24, 2.45) is 0 Å². The maximum atomic E-state index is 11.2. The number of aryl methyl sites for hydroxylation is 1. The molecule has 2 aromatic rings. The predicted molar refractivity (Wildman–Crippen MR) is 115 cm³/mol. The first-order valence-electron chi connectivity index (χ1n) is 9.95. The summed E-state index contributed by atoms with van der Waals surface area (Å²) in [6.45, 7) is 1.96. The highest BCUT2D eigenvalue weighted by molar-refractivity contribution is 6.30. The molecule has 29 heavy (non-hydrogen) atoms. The Morgan fingerprint density at radius 3 is 2.72 bits per heavy atom. The molecule has 1 atom stereocenters. The van der Waals surface area contributed by atoms with E-state index in [2.05, 4.69) is 29.2 Å². The minimum Gasteiger partial charge on any atom is -0.396 e. The lowest BCUT2D eigenvalue weighted by Crippen LogP contribution is -2.31. The summed E-state index contributed by atoms with van der Waals surface area (Å²) in [6.07, 6.45) is 6.74. The number of halogens is 1. The fraction of sp³-hybridized carbons (Fsp3) is 0.348. The first-order valence-corrected chi connectivity index (χ1v) is 10.3. The van der Waals surface area contributed by atoms with Crippen LogP contribution >= 0.6 is 11.6 Å². The van der Waals surface area contributed by atoms with Crippen LogP contribution in [0.1, 0.15) is 41.1 Å². The van der Waals surface area contributed by atoms with E-state index in [1.807, 2.05) is 18.2 Å². The number of aliphatic hydroxyl groups excluding tert-OH is 1. The molecule has 1 aliphatic carbocycles. The van der Waals surface area contributed by atoms with Crippen LogP contribution in [-0.2, 0) is 17.6 Å². The highest BCUT2D eigenvalue weighted by Crippen LogP contribution is 2.36. The first-order chi connectivity index (χ1) is 14.1. The van der Waals surface area contributed by atoms with Crippen molar-refractivity contribution in [2.75, 3.05) is 19.7 Å². The molecule has 1 unspecified atom stereocenters. The van der Waals surface area contributed by atoms with Crippen LogP contribution in [0.3, 0.4) is 0 Å². The second-order valence-corrected chi connectivity index (χ2v) is 7.75. The van der Waals surface area contributed by atoms with Crippen molar-refractivity contribution in [1.82, 2.24) is 10.4 Å². The van der Waals surface area contributed by atoms with Crippen LogP contribution in [0.25, 0.3) is 6.08 Å². The van der Waals surface area contributed by atoms with Gasteiger partial charge in [-0.2, -0.15) is 0 Å². The van der Waals surface area contributed by atoms with Crippen LogP contribution in [-0.4, -0.2) is 40.8 Å². The fourth-order valence-electron chi connectivity index (χ4n) is 3.93. The van der Waals surface area contributed by atoms with Gasteiger partial charge in [-0.05, 0) is 66.1 Å². The summed E-state index contributed by atoms with van der Waals surface area (Å²) in [5.41, 5.74) is 6.41. The summed E-state index contributed by atoms with van der Waals surface area (Å²) in [6, 6.07) is 14.6. The molecule has 2 aromatic carbocycles.